The van der Waals surface area contributed by atoms with Crippen LogP contribution >= 0.6 is 11.6 Å². The molecule has 0 aliphatic heterocycles. The minimum atomic E-state index is 0.127. The molecule has 2 aromatic heterocycles. The van der Waals surface area contributed by atoms with Crippen LogP contribution in [0.1, 0.15) is 31.9 Å². The molecule has 0 aromatic carbocycles. The molecule has 0 aliphatic carbocycles. The van der Waals surface area contributed by atoms with E-state index in [2.05, 4.69) is 34.0 Å². The van der Waals surface area contributed by atoms with E-state index >= 15 is 0 Å². The maximum atomic E-state index is 5.80. The van der Waals surface area contributed by atoms with Crippen molar-refractivity contribution in [3.05, 3.63) is 11.0 Å². The molecule has 2 rings (SSSR count). The molecule has 80 valence electrons. The first kappa shape index (κ1) is 10.2. The van der Waals surface area contributed by atoms with Gasteiger partial charge in [-0.1, -0.05) is 13.8 Å². The van der Waals surface area contributed by atoms with Crippen molar-refractivity contribution in [2.75, 3.05) is 5.73 Å². The monoisotopic (exact) mass is 225 g/mol. The highest BCUT2D eigenvalue weighted by atomic mass is 35.5. The van der Waals surface area contributed by atoms with Gasteiger partial charge in [-0.2, -0.15) is 10.1 Å². The molecular weight excluding hydrogens is 214 g/mol. The van der Waals surface area contributed by atoms with Gasteiger partial charge in [0.1, 0.15) is 5.82 Å². The summed E-state index contributed by atoms with van der Waals surface area (Å²) >= 11 is 5.69. The number of halogens is 1. The van der Waals surface area contributed by atoms with Crippen molar-refractivity contribution in [1.29, 1.82) is 0 Å². The number of nitrogens with two attached hydrogens (primary N) is 1. The van der Waals surface area contributed by atoms with Crippen LogP contribution in [0.25, 0.3) is 11.0 Å². The van der Waals surface area contributed by atoms with Gasteiger partial charge < -0.3 is 5.73 Å². The van der Waals surface area contributed by atoms with Crippen LogP contribution in [0, 0.1) is 0 Å². The van der Waals surface area contributed by atoms with Gasteiger partial charge in [0.15, 0.2) is 5.65 Å². The van der Waals surface area contributed by atoms with Crippen LogP contribution in [0.2, 0.25) is 5.28 Å². The lowest BCUT2D eigenvalue weighted by Gasteiger charge is -2.06. The first-order valence-corrected chi connectivity index (χ1v) is 5.18. The van der Waals surface area contributed by atoms with Gasteiger partial charge in [-0.05, 0) is 23.9 Å². The zero-order valence-electron chi connectivity index (χ0n) is 8.58. The number of H-pyrrole nitrogens is 1. The van der Waals surface area contributed by atoms with E-state index in [0.717, 1.165) is 17.5 Å². The molecule has 1 unspecified atom stereocenters. The second kappa shape index (κ2) is 3.66. The summed E-state index contributed by atoms with van der Waals surface area (Å²) in [6.07, 6.45) is 0.999. The molecule has 0 fully saturated rings. The van der Waals surface area contributed by atoms with Crippen molar-refractivity contribution in [2.24, 2.45) is 0 Å². The van der Waals surface area contributed by atoms with Crippen molar-refractivity contribution in [3.63, 3.8) is 0 Å². The number of hydrogen-bond acceptors (Lipinski definition) is 4. The van der Waals surface area contributed by atoms with Crippen LogP contribution in [0.5, 0.6) is 0 Å². The molecule has 0 aliphatic rings. The van der Waals surface area contributed by atoms with Gasteiger partial charge >= 0.3 is 0 Å². The van der Waals surface area contributed by atoms with E-state index in [0.29, 0.717) is 17.4 Å². The summed E-state index contributed by atoms with van der Waals surface area (Å²) in [5, 5.41) is 7.92. The summed E-state index contributed by atoms with van der Waals surface area (Å²) < 4.78 is 0. The summed E-state index contributed by atoms with van der Waals surface area (Å²) in [6.45, 7) is 4.20. The summed E-state index contributed by atoms with van der Waals surface area (Å²) in [7, 11) is 0. The van der Waals surface area contributed by atoms with Gasteiger partial charge in [-0.15, -0.1) is 0 Å². The highest BCUT2D eigenvalue weighted by Gasteiger charge is 2.16. The van der Waals surface area contributed by atoms with E-state index in [1.807, 2.05) is 0 Å². The number of aromatic amines is 1. The van der Waals surface area contributed by atoms with Crippen LogP contribution in [0.4, 0.5) is 5.82 Å². The normalized spacial score (nSPS) is 13.3. The topological polar surface area (TPSA) is 80.5 Å². The lowest BCUT2D eigenvalue weighted by Crippen LogP contribution is -1.98. The smallest absolute Gasteiger partial charge is 0.226 e. The predicted molar refractivity (Wildman–Crippen MR) is 59.8 cm³/mol. The number of aromatic nitrogens is 4. The summed E-state index contributed by atoms with van der Waals surface area (Å²) in [5.74, 6) is 0.733. The number of nitrogens with one attached hydrogen (secondary N) is 1. The minimum Gasteiger partial charge on any atom is -0.383 e. The molecule has 15 heavy (non-hydrogen) atoms. The van der Waals surface area contributed by atoms with Crippen LogP contribution in [0.3, 0.4) is 0 Å². The van der Waals surface area contributed by atoms with E-state index < -0.39 is 0 Å². The van der Waals surface area contributed by atoms with Crippen molar-refractivity contribution in [2.45, 2.75) is 26.2 Å². The number of anilines is 1. The van der Waals surface area contributed by atoms with Crippen LogP contribution in [-0.2, 0) is 0 Å². The van der Waals surface area contributed by atoms with Gasteiger partial charge in [-0.3, -0.25) is 5.10 Å². The number of hydrogen-bond donors (Lipinski definition) is 2. The Morgan fingerprint density at radius 3 is 2.87 bits per heavy atom. The highest BCUT2D eigenvalue weighted by molar-refractivity contribution is 6.28. The van der Waals surface area contributed by atoms with Gasteiger partial charge in [-0.25, -0.2) is 4.98 Å². The molecule has 3 N–H and O–H groups in total. The highest BCUT2D eigenvalue weighted by Crippen LogP contribution is 2.28. The first-order chi connectivity index (χ1) is 7.13. The molecule has 5 nitrogen and oxygen atoms in total. The van der Waals surface area contributed by atoms with Gasteiger partial charge in [0, 0.05) is 0 Å². The van der Waals surface area contributed by atoms with E-state index in [4.69, 9.17) is 17.3 Å². The standard InChI is InChI=1S/C9H12ClN5/c1-3-4(2)6-5-7(11)12-9(10)13-8(5)15-14-6/h4H,3H2,1-2H3,(H3,11,12,13,14,15). The van der Waals surface area contributed by atoms with Crippen LogP contribution in [-0.4, -0.2) is 20.2 Å². The van der Waals surface area contributed by atoms with Gasteiger partial charge in [0.25, 0.3) is 0 Å². The molecule has 6 heteroatoms. The maximum Gasteiger partial charge on any atom is 0.226 e. The Kier molecular flexibility index (Phi) is 2.48. The lowest BCUT2D eigenvalue weighted by atomic mass is 10.0. The largest absolute Gasteiger partial charge is 0.383 e. The molecule has 1 atom stereocenters. The Bertz CT molecular complexity index is 492. The average Bonchev–Trinajstić information content (AvgIpc) is 2.60. The van der Waals surface area contributed by atoms with Crippen molar-refractivity contribution >= 4 is 28.5 Å². The Hall–Kier alpha value is -1.36. The van der Waals surface area contributed by atoms with Crippen molar-refractivity contribution in [1.82, 2.24) is 20.2 Å². The molecule has 0 amide bonds. The van der Waals surface area contributed by atoms with E-state index in [1.165, 1.54) is 0 Å². The zero-order chi connectivity index (χ0) is 11.0. The van der Waals surface area contributed by atoms with Crippen LogP contribution in [0.15, 0.2) is 0 Å². The van der Waals surface area contributed by atoms with Gasteiger partial charge in [0.2, 0.25) is 5.28 Å². The second-order valence-corrected chi connectivity index (χ2v) is 3.86. The minimum absolute atomic E-state index is 0.127. The van der Waals surface area contributed by atoms with Crippen LogP contribution < -0.4 is 5.73 Å². The number of nitrogens with zero attached hydrogens (tertiary/aromatic N) is 3. The van der Waals surface area contributed by atoms with Crippen molar-refractivity contribution in [3.8, 4) is 0 Å². The molecule has 0 spiro atoms. The molecule has 0 bridgehead atoms. The fourth-order valence-corrected chi connectivity index (χ4v) is 1.68. The zero-order valence-corrected chi connectivity index (χ0v) is 9.34. The van der Waals surface area contributed by atoms with E-state index in [1.54, 1.807) is 0 Å². The summed E-state index contributed by atoms with van der Waals surface area (Å²) in [4.78, 5) is 7.93. The number of nitrogen functional groups attached to an aromatic ring is 1. The Labute approximate surface area is 92.1 Å². The van der Waals surface area contributed by atoms with Crippen molar-refractivity contribution < 1.29 is 0 Å². The average molecular weight is 226 g/mol. The molecule has 0 radical (unpaired) electrons. The summed E-state index contributed by atoms with van der Waals surface area (Å²) in [5.41, 5.74) is 7.30. The molecule has 2 aromatic rings. The summed E-state index contributed by atoms with van der Waals surface area (Å²) in [6, 6.07) is 0. The molecule has 2 heterocycles. The fraction of sp³-hybridized carbons (Fsp3) is 0.444. The third-order valence-corrected chi connectivity index (χ3v) is 2.72. The molecule has 0 saturated carbocycles. The van der Waals surface area contributed by atoms with E-state index in [9.17, 15) is 0 Å². The Morgan fingerprint density at radius 2 is 2.20 bits per heavy atom. The number of rotatable bonds is 2. The maximum absolute atomic E-state index is 5.80. The third kappa shape index (κ3) is 1.63. The lowest BCUT2D eigenvalue weighted by molar-refractivity contribution is 0.708. The number of fused-ring (bicyclic) bond motifs is 1. The Balaban J connectivity index is 2.69. The SMILES string of the molecule is CCC(C)c1[nH]nc2nc(Cl)nc(N)c12. The van der Waals surface area contributed by atoms with Gasteiger partial charge in [0.05, 0.1) is 11.1 Å². The third-order valence-electron chi connectivity index (χ3n) is 2.55. The fourth-order valence-electron chi connectivity index (χ4n) is 1.51. The quantitative estimate of drug-likeness (QED) is 0.767. The van der Waals surface area contributed by atoms with E-state index in [-0.39, 0.29) is 5.28 Å². The second-order valence-electron chi connectivity index (χ2n) is 3.52. The molecule has 0 saturated heterocycles. The first-order valence-electron chi connectivity index (χ1n) is 4.80. The Morgan fingerprint density at radius 1 is 1.47 bits per heavy atom. The molecular formula is C9H12ClN5. The predicted octanol–water partition coefficient (Wildman–Crippen LogP) is 2.10.